The van der Waals surface area contributed by atoms with Gasteiger partial charge in [-0.25, -0.2) is 0 Å². The number of carbonyl (C=O) groups is 1. The molecule has 0 aromatic heterocycles. The first-order valence-corrected chi connectivity index (χ1v) is 30.7. The van der Waals surface area contributed by atoms with Crippen LogP contribution in [-0.4, -0.2) is 225 Å². The summed E-state index contributed by atoms with van der Waals surface area (Å²) in [5.74, 6) is 0.384. The molecule has 72 heavy (non-hydrogen) atoms. The van der Waals surface area contributed by atoms with E-state index in [1.165, 1.54) is 0 Å². The van der Waals surface area contributed by atoms with Gasteiger partial charge in [0, 0.05) is 66.6 Å². The summed E-state index contributed by atoms with van der Waals surface area (Å²) in [6.45, 7) is 15.1. The van der Waals surface area contributed by atoms with E-state index in [0.717, 1.165) is 89.9 Å². The zero-order chi connectivity index (χ0) is 52.7. The van der Waals surface area contributed by atoms with Crippen LogP contribution in [0.2, 0.25) is 11.1 Å². The average Bonchev–Trinajstić information content (AvgIpc) is 3.38. The van der Waals surface area contributed by atoms with Crippen LogP contribution < -0.4 is 0 Å². The van der Waals surface area contributed by atoms with Gasteiger partial charge in [-0.2, -0.15) is 0 Å². The van der Waals surface area contributed by atoms with Crippen molar-refractivity contribution >= 4 is 23.4 Å². The van der Waals surface area contributed by atoms with Gasteiger partial charge in [0.2, 0.25) is 0 Å². The number of ether oxygens (including phenoxy) is 12. The molecule has 0 amide bonds. The zero-order valence-corrected chi connectivity index (χ0v) is 48.7. The minimum Gasteiger partial charge on any atom is -0.382 e. The van der Waals surface area contributed by atoms with Crippen LogP contribution in [0.3, 0.4) is 0 Å². The van der Waals surface area contributed by atoms with Crippen LogP contribution in [0.15, 0.2) is 0 Å². The molecule has 0 aromatic rings. The molecule has 19 nitrogen and oxygen atoms in total. The van der Waals surface area contributed by atoms with E-state index in [1.807, 2.05) is 0 Å². The molecule has 0 radical (unpaired) electrons. The maximum Gasteiger partial charge on any atom is 0.504 e. The van der Waals surface area contributed by atoms with Crippen molar-refractivity contribution in [2.45, 2.75) is 128 Å². The molecule has 0 saturated carbocycles. The Balaban J connectivity index is 4.81. The molecule has 0 fully saturated rings. The van der Waals surface area contributed by atoms with E-state index in [1.54, 1.807) is 42.7 Å². The van der Waals surface area contributed by atoms with E-state index >= 15 is 0 Å². The Morgan fingerprint density at radius 1 is 0.278 bits per heavy atom. The smallest absolute Gasteiger partial charge is 0.382 e. The van der Waals surface area contributed by atoms with Gasteiger partial charge in [-0.3, -0.25) is 4.79 Å². The second-order valence-electron chi connectivity index (χ2n) is 17.6. The quantitative estimate of drug-likeness (QED) is 0.0430. The molecule has 0 bridgehead atoms. The molecule has 21 heteroatoms. The lowest BCUT2D eigenvalue weighted by Crippen LogP contribution is -2.51. The highest BCUT2D eigenvalue weighted by molar-refractivity contribution is 6.62. The zero-order valence-electron chi connectivity index (χ0n) is 46.7. The molecular formula is C51H106O19Si2. The Morgan fingerprint density at radius 3 is 0.694 bits per heavy atom. The molecule has 0 rings (SSSR count). The van der Waals surface area contributed by atoms with Gasteiger partial charge in [-0.05, 0) is 25.7 Å². The monoisotopic (exact) mass is 1080 g/mol. The molecule has 0 spiro atoms. The SMILES string of the molecule is COCCOCCO[Si](OCCOCCOC)(OCCOCCOC)C(C)CCCCCCCCC(=O)CCCCCCCCC(C)[Si](OCCOCCOC)(OCCOCCOC)OCCOCCOC. The first-order chi connectivity index (χ1) is 35.3. The van der Waals surface area contributed by atoms with E-state index in [-0.39, 0.29) is 11.1 Å². The van der Waals surface area contributed by atoms with Crippen molar-refractivity contribution in [1.29, 1.82) is 0 Å². The van der Waals surface area contributed by atoms with Crippen molar-refractivity contribution in [3.8, 4) is 0 Å². The molecular weight excluding hydrogens is 973 g/mol. The van der Waals surface area contributed by atoms with Crippen LogP contribution in [0.25, 0.3) is 0 Å². The summed E-state index contributed by atoms with van der Waals surface area (Å²) in [5, 5.41) is 0. The van der Waals surface area contributed by atoms with Gasteiger partial charge in [0.25, 0.3) is 0 Å². The summed E-state index contributed by atoms with van der Waals surface area (Å²) in [7, 11) is 3.60. The lowest BCUT2D eigenvalue weighted by Gasteiger charge is -2.34. The molecule has 2 unspecified atom stereocenters. The van der Waals surface area contributed by atoms with Crippen molar-refractivity contribution in [1.82, 2.24) is 0 Å². The van der Waals surface area contributed by atoms with Gasteiger partial charge in [0.1, 0.15) is 5.78 Å². The first-order valence-electron chi connectivity index (χ1n) is 27.1. The number of hydrogen-bond donors (Lipinski definition) is 0. The molecule has 0 saturated heterocycles. The van der Waals surface area contributed by atoms with Gasteiger partial charge in [0.05, 0.1) is 159 Å². The first kappa shape index (κ1) is 71.4. The molecule has 0 aromatic carbocycles. The highest BCUT2D eigenvalue weighted by Gasteiger charge is 2.48. The second kappa shape index (κ2) is 55.1. The number of carbonyl (C=O) groups excluding carboxylic acids is 1. The fourth-order valence-electron chi connectivity index (χ4n) is 7.46. The van der Waals surface area contributed by atoms with E-state index in [9.17, 15) is 4.79 Å². The van der Waals surface area contributed by atoms with Gasteiger partial charge in [-0.1, -0.05) is 78.1 Å². The van der Waals surface area contributed by atoms with Crippen molar-refractivity contribution < 1.29 is 88.2 Å². The van der Waals surface area contributed by atoms with Gasteiger partial charge < -0.3 is 83.4 Å². The topological polar surface area (TPSA) is 183 Å². The fraction of sp³-hybridized carbons (Fsp3) is 0.980. The van der Waals surface area contributed by atoms with Gasteiger partial charge in [-0.15, -0.1) is 0 Å². The van der Waals surface area contributed by atoms with Crippen LogP contribution in [0.1, 0.15) is 117 Å². The third-order valence-electron chi connectivity index (χ3n) is 11.7. The molecule has 432 valence electrons. The maximum atomic E-state index is 12.8. The normalized spacial score (nSPS) is 13.1. The van der Waals surface area contributed by atoms with E-state index in [2.05, 4.69) is 13.8 Å². The van der Waals surface area contributed by atoms with Gasteiger partial charge in [0.15, 0.2) is 0 Å². The standard InChI is InChI=1S/C51H106O19Si2/c1-49(71(65-43-37-59-31-25-53-3,66-44-38-60-32-26-54-4)67-45-39-61-33-27-55-5)21-17-13-9-11-15-19-23-51(52)24-20-16-12-10-14-18-22-50(2)72(68-46-40-62-34-28-56-6,69-47-41-63-35-29-57-7)70-48-42-64-36-30-58-8/h49-50H,9-48H2,1-8H3. The molecule has 0 N–H and O–H groups in total. The molecule has 0 heterocycles. The number of unbranched alkanes of at least 4 members (excludes halogenated alkanes) is 10. The van der Waals surface area contributed by atoms with Crippen LogP contribution in [0.5, 0.6) is 0 Å². The summed E-state index contributed by atoms with van der Waals surface area (Å²) >= 11 is 0. The second-order valence-corrected chi connectivity index (χ2v) is 23.7. The molecule has 0 aliphatic heterocycles. The molecule has 0 aliphatic rings. The fourth-order valence-corrected chi connectivity index (χ4v) is 13.0. The summed E-state index contributed by atoms with van der Waals surface area (Å²) in [5.41, 5.74) is 0.132. The van der Waals surface area contributed by atoms with E-state index < -0.39 is 17.6 Å². The van der Waals surface area contributed by atoms with Crippen LogP contribution in [0, 0.1) is 0 Å². The minimum atomic E-state index is -3.16. The van der Waals surface area contributed by atoms with Crippen LogP contribution >= 0.6 is 0 Å². The van der Waals surface area contributed by atoms with Crippen molar-refractivity contribution in [2.24, 2.45) is 0 Å². The third kappa shape index (κ3) is 42.5. The highest BCUT2D eigenvalue weighted by Crippen LogP contribution is 2.32. The Bertz CT molecular complexity index is 945. The number of Topliss-reactive ketones (excluding diaryl/α,β-unsaturated/α-hetero) is 1. The Labute approximate surface area is 439 Å². The van der Waals surface area contributed by atoms with Crippen molar-refractivity contribution in [2.75, 3.05) is 201 Å². The highest BCUT2D eigenvalue weighted by atomic mass is 28.4. The lowest BCUT2D eigenvalue weighted by molar-refractivity contribution is -0.119. The lowest BCUT2D eigenvalue weighted by atomic mass is 10.0. The maximum absolute atomic E-state index is 12.8. The number of hydrogen-bond acceptors (Lipinski definition) is 19. The van der Waals surface area contributed by atoms with Gasteiger partial charge >= 0.3 is 17.6 Å². The summed E-state index contributed by atoms with van der Waals surface area (Å²) in [4.78, 5) is 12.8. The molecule has 2 atom stereocenters. The summed E-state index contributed by atoms with van der Waals surface area (Å²) < 4.78 is 104. The number of ketones is 1. The van der Waals surface area contributed by atoms with Crippen LogP contribution in [-0.2, 0) is 88.2 Å². The van der Waals surface area contributed by atoms with Crippen LogP contribution in [0.4, 0.5) is 0 Å². The van der Waals surface area contributed by atoms with E-state index in [0.29, 0.717) is 177 Å². The average molecular weight is 1080 g/mol. The largest absolute Gasteiger partial charge is 0.504 e. The summed E-state index contributed by atoms with van der Waals surface area (Å²) in [6.07, 6.45) is 16.0. The Morgan fingerprint density at radius 2 is 0.472 bits per heavy atom. The number of rotatable bonds is 62. The predicted molar refractivity (Wildman–Crippen MR) is 281 cm³/mol. The van der Waals surface area contributed by atoms with Crippen molar-refractivity contribution in [3.05, 3.63) is 0 Å². The minimum absolute atomic E-state index is 0.0660. The van der Waals surface area contributed by atoms with Crippen molar-refractivity contribution in [3.63, 3.8) is 0 Å². The molecule has 0 aliphatic carbocycles. The third-order valence-corrected chi connectivity index (χ3v) is 18.3. The number of methoxy groups -OCH3 is 6. The van der Waals surface area contributed by atoms with E-state index in [4.69, 9.17) is 83.4 Å². The Hall–Kier alpha value is -0.616. The predicted octanol–water partition coefficient (Wildman–Crippen LogP) is 7.53. The Kier molecular flexibility index (Phi) is 54.7. The summed E-state index contributed by atoms with van der Waals surface area (Å²) in [6, 6.07) is 0.